The van der Waals surface area contributed by atoms with E-state index < -0.39 is 11.5 Å². The fraction of sp³-hybridized carbons (Fsp3) is 0.214. The molecule has 0 atom stereocenters. The van der Waals surface area contributed by atoms with E-state index in [1.54, 1.807) is 31.4 Å². The smallest absolute Gasteiger partial charge is 0.267 e. The first kappa shape index (κ1) is 14.6. The number of hydrogen-bond acceptors (Lipinski definition) is 5. The lowest BCUT2D eigenvalue weighted by atomic mass is 10.1. The number of carbonyl (C=O) groups excluding carboxylic acids is 1. The Hall–Kier alpha value is -2.83. The summed E-state index contributed by atoms with van der Waals surface area (Å²) in [5, 5.41) is 4.13. The van der Waals surface area contributed by atoms with E-state index in [9.17, 15) is 9.59 Å². The fourth-order valence-corrected chi connectivity index (χ4v) is 1.86. The van der Waals surface area contributed by atoms with E-state index in [0.29, 0.717) is 22.8 Å². The molecular formula is C14H15N3O4. The third kappa shape index (κ3) is 3.19. The Kier molecular flexibility index (Phi) is 4.22. The average Bonchev–Trinajstić information content (AvgIpc) is 2.48. The van der Waals surface area contributed by atoms with Crippen LogP contribution in [0.25, 0.3) is 11.3 Å². The predicted molar refractivity (Wildman–Crippen MR) is 76.2 cm³/mol. The van der Waals surface area contributed by atoms with Crippen molar-refractivity contribution < 1.29 is 14.3 Å². The quantitative estimate of drug-likeness (QED) is 0.860. The van der Waals surface area contributed by atoms with E-state index in [1.807, 2.05) is 0 Å². The minimum Gasteiger partial charge on any atom is -0.497 e. The van der Waals surface area contributed by atoms with Gasteiger partial charge in [-0.3, -0.25) is 9.59 Å². The Bertz CT molecular complexity index is 724. The van der Waals surface area contributed by atoms with Crippen LogP contribution in [0.5, 0.6) is 11.5 Å². The molecule has 7 nitrogen and oxygen atoms in total. The van der Waals surface area contributed by atoms with Crippen LogP contribution in [0.15, 0.2) is 35.1 Å². The van der Waals surface area contributed by atoms with Crippen molar-refractivity contribution in [3.63, 3.8) is 0 Å². The molecule has 0 bridgehead atoms. The maximum Gasteiger partial charge on any atom is 0.267 e. The van der Waals surface area contributed by atoms with Crippen molar-refractivity contribution in [2.45, 2.75) is 6.54 Å². The highest BCUT2D eigenvalue weighted by Crippen LogP contribution is 2.31. The molecule has 110 valence electrons. The molecule has 0 spiro atoms. The number of hydrogen-bond donors (Lipinski definition) is 1. The Morgan fingerprint density at radius 3 is 2.62 bits per heavy atom. The molecular weight excluding hydrogens is 274 g/mol. The summed E-state index contributed by atoms with van der Waals surface area (Å²) in [6.07, 6.45) is 0. The molecule has 7 heteroatoms. The van der Waals surface area contributed by atoms with Gasteiger partial charge >= 0.3 is 0 Å². The monoisotopic (exact) mass is 289 g/mol. The van der Waals surface area contributed by atoms with Crippen LogP contribution >= 0.6 is 0 Å². The van der Waals surface area contributed by atoms with Crippen LogP contribution in [0, 0.1) is 0 Å². The summed E-state index contributed by atoms with van der Waals surface area (Å²) in [6, 6.07) is 8.11. The molecule has 2 aromatic rings. The first-order chi connectivity index (χ1) is 10.0. The van der Waals surface area contributed by atoms with Crippen LogP contribution in [-0.2, 0) is 11.3 Å². The summed E-state index contributed by atoms with van der Waals surface area (Å²) in [7, 11) is 3.08. The van der Waals surface area contributed by atoms with Crippen LogP contribution in [-0.4, -0.2) is 29.9 Å². The number of primary amides is 1. The molecule has 1 aromatic carbocycles. The zero-order chi connectivity index (χ0) is 15.4. The fourth-order valence-electron chi connectivity index (χ4n) is 1.86. The number of amides is 1. The van der Waals surface area contributed by atoms with Gasteiger partial charge in [0.2, 0.25) is 5.91 Å². The van der Waals surface area contributed by atoms with Gasteiger partial charge < -0.3 is 15.2 Å². The lowest BCUT2D eigenvalue weighted by molar-refractivity contribution is -0.118. The maximum absolute atomic E-state index is 11.6. The summed E-state index contributed by atoms with van der Waals surface area (Å²) in [6.45, 7) is -0.273. The number of ether oxygens (including phenoxy) is 2. The third-order valence-corrected chi connectivity index (χ3v) is 2.86. The topological polar surface area (TPSA) is 96.4 Å². The molecule has 1 heterocycles. The summed E-state index contributed by atoms with van der Waals surface area (Å²) >= 11 is 0. The molecule has 1 aromatic heterocycles. The highest BCUT2D eigenvalue weighted by molar-refractivity contribution is 5.73. The van der Waals surface area contributed by atoms with E-state index in [1.165, 1.54) is 13.2 Å². The van der Waals surface area contributed by atoms with Crippen molar-refractivity contribution >= 4 is 5.91 Å². The molecule has 2 rings (SSSR count). The van der Waals surface area contributed by atoms with Gasteiger partial charge in [-0.2, -0.15) is 5.10 Å². The third-order valence-electron chi connectivity index (χ3n) is 2.86. The Morgan fingerprint density at radius 2 is 2.00 bits per heavy atom. The lowest BCUT2D eigenvalue weighted by Crippen LogP contribution is -2.29. The van der Waals surface area contributed by atoms with Gasteiger partial charge in [0.15, 0.2) is 0 Å². The molecule has 0 aliphatic carbocycles. The second-order valence-electron chi connectivity index (χ2n) is 4.25. The van der Waals surface area contributed by atoms with Gasteiger partial charge in [-0.15, -0.1) is 0 Å². The van der Waals surface area contributed by atoms with Crippen LogP contribution in [0.3, 0.4) is 0 Å². The standard InChI is InChI=1S/C14H15N3O4/c1-20-9-3-4-10(12(7-9)21-2)11-5-6-14(19)17(16-11)8-13(15)18/h3-7H,8H2,1-2H3,(H2,15,18). The van der Waals surface area contributed by atoms with Crippen LogP contribution in [0.4, 0.5) is 0 Å². The molecule has 0 unspecified atom stereocenters. The zero-order valence-electron chi connectivity index (χ0n) is 11.7. The lowest BCUT2D eigenvalue weighted by Gasteiger charge is -2.11. The normalized spacial score (nSPS) is 10.2. The van der Waals surface area contributed by atoms with Crippen molar-refractivity contribution in [1.29, 1.82) is 0 Å². The number of carbonyl (C=O) groups is 1. The van der Waals surface area contributed by atoms with Gasteiger partial charge in [-0.1, -0.05) is 0 Å². The number of rotatable bonds is 5. The number of nitrogens with two attached hydrogens (primary N) is 1. The number of benzene rings is 1. The minimum absolute atomic E-state index is 0.273. The van der Waals surface area contributed by atoms with E-state index in [-0.39, 0.29) is 6.54 Å². The Balaban J connectivity index is 2.51. The predicted octanol–water partition coefficient (Wildman–Crippen LogP) is 0.413. The second kappa shape index (κ2) is 6.08. The van der Waals surface area contributed by atoms with Crippen molar-refractivity contribution in [2.24, 2.45) is 5.73 Å². The van der Waals surface area contributed by atoms with Gasteiger partial charge in [0.1, 0.15) is 18.0 Å². The molecule has 2 N–H and O–H groups in total. The van der Waals surface area contributed by atoms with Crippen LogP contribution in [0.1, 0.15) is 0 Å². The van der Waals surface area contributed by atoms with Crippen LogP contribution < -0.4 is 20.8 Å². The highest BCUT2D eigenvalue weighted by Gasteiger charge is 2.11. The van der Waals surface area contributed by atoms with Crippen molar-refractivity contribution in [2.75, 3.05) is 14.2 Å². The Morgan fingerprint density at radius 1 is 1.24 bits per heavy atom. The first-order valence-corrected chi connectivity index (χ1v) is 6.14. The molecule has 0 aliphatic heterocycles. The van der Waals surface area contributed by atoms with Crippen molar-refractivity contribution in [1.82, 2.24) is 9.78 Å². The van der Waals surface area contributed by atoms with E-state index in [4.69, 9.17) is 15.2 Å². The highest BCUT2D eigenvalue weighted by atomic mass is 16.5. The molecule has 0 fully saturated rings. The van der Waals surface area contributed by atoms with Crippen molar-refractivity contribution in [3.05, 3.63) is 40.7 Å². The molecule has 21 heavy (non-hydrogen) atoms. The van der Waals surface area contributed by atoms with E-state index in [2.05, 4.69) is 5.10 Å². The molecule has 0 radical (unpaired) electrons. The second-order valence-corrected chi connectivity index (χ2v) is 4.25. The number of nitrogens with zero attached hydrogens (tertiary/aromatic N) is 2. The minimum atomic E-state index is -0.636. The largest absolute Gasteiger partial charge is 0.497 e. The van der Waals surface area contributed by atoms with Gasteiger partial charge in [0.05, 0.1) is 19.9 Å². The number of methoxy groups -OCH3 is 2. The van der Waals surface area contributed by atoms with E-state index >= 15 is 0 Å². The van der Waals surface area contributed by atoms with Crippen molar-refractivity contribution in [3.8, 4) is 22.8 Å². The molecule has 1 amide bonds. The molecule has 0 saturated carbocycles. The van der Waals surface area contributed by atoms with Gasteiger partial charge in [0.25, 0.3) is 5.56 Å². The Labute approximate surface area is 120 Å². The van der Waals surface area contributed by atoms with Gasteiger partial charge in [0, 0.05) is 17.7 Å². The number of aromatic nitrogens is 2. The SMILES string of the molecule is COc1ccc(-c2ccc(=O)n(CC(N)=O)n2)c(OC)c1. The van der Waals surface area contributed by atoms with Crippen LogP contribution in [0.2, 0.25) is 0 Å². The van der Waals surface area contributed by atoms with Gasteiger partial charge in [-0.25, -0.2) is 4.68 Å². The van der Waals surface area contributed by atoms with E-state index in [0.717, 1.165) is 4.68 Å². The molecule has 0 saturated heterocycles. The summed E-state index contributed by atoms with van der Waals surface area (Å²) in [5.74, 6) is 0.552. The average molecular weight is 289 g/mol. The summed E-state index contributed by atoms with van der Waals surface area (Å²) in [5.41, 5.74) is 5.87. The maximum atomic E-state index is 11.6. The summed E-state index contributed by atoms with van der Waals surface area (Å²) < 4.78 is 11.4. The summed E-state index contributed by atoms with van der Waals surface area (Å²) in [4.78, 5) is 22.6. The van der Waals surface area contributed by atoms with Gasteiger partial charge in [-0.05, 0) is 18.2 Å². The zero-order valence-corrected chi connectivity index (χ0v) is 11.7. The molecule has 0 aliphatic rings. The first-order valence-electron chi connectivity index (χ1n) is 6.14.